The first-order valence-corrected chi connectivity index (χ1v) is 5.74. The van der Waals surface area contributed by atoms with Crippen LogP contribution in [-0.4, -0.2) is 35.8 Å². The van der Waals surface area contributed by atoms with Crippen LogP contribution in [0, 0.1) is 0 Å². The third-order valence-electron chi connectivity index (χ3n) is 3.07. The lowest BCUT2D eigenvalue weighted by atomic mass is 10.1. The Morgan fingerprint density at radius 3 is 2.83 bits per heavy atom. The van der Waals surface area contributed by atoms with Crippen LogP contribution in [0.5, 0.6) is 0 Å². The maximum Gasteiger partial charge on any atom is 0.256 e. The van der Waals surface area contributed by atoms with E-state index in [1.807, 2.05) is 0 Å². The van der Waals surface area contributed by atoms with Crippen LogP contribution in [0.4, 0.5) is 11.4 Å². The van der Waals surface area contributed by atoms with Crippen molar-refractivity contribution in [3.63, 3.8) is 0 Å². The zero-order valence-electron chi connectivity index (χ0n) is 10.1. The van der Waals surface area contributed by atoms with E-state index in [-0.39, 0.29) is 11.8 Å². The Kier molecular flexibility index (Phi) is 3.10. The minimum atomic E-state index is -0.483. The topological polar surface area (TPSA) is 101 Å². The number of nitrogens with zero attached hydrogens (tertiary/aromatic N) is 1. The predicted octanol–water partition coefficient (Wildman–Crippen LogP) is -0.188. The van der Waals surface area contributed by atoms with E-state index in [4.69, 9.17) is 11.5 Å². The maximum atomic E-state index is 12.3. The van der Waals surface area contributed by atoms with E-state index in [1.54, 1.807) is 25.1 Å². The molecule has 6 heteroatoms. The quantitative estimate of drug-likeness (QED) is 0.599. The van der Waals surface area contributed by atoms with Gasteiger partial charge in [0.15, 0.2) is 0 Å². The van der Waals surface area contributed by atoms with Gasteiger partial charge in [-0.1, -0.05) is 0 Å². The molecule has 1 atom stereocenters. The third kappa shape index (κ3) is 2.09. The number of nitrogens with two attached hydrogens (primary N) is 2. The van der Waals surface area contributed by atoms with E-state index >= 15 is 0 Å². The molecule has 0 bridgehead atoms. The van der Waals surface area contributed by atoms with Crippen LogP contribution in [0.2, 0.25) is 0 Å². The van der Waals surface area contributed by atoms with Crippen LogP contribution < -0.4 is 16.8 Å². The summed E-state index contributed by atoms with van der Waals surface area (Å²) >= 11 is 0. The molecule has 0 aromatic heterocycles. The molecule has 2 amide bonds. The Hall–Kier alpha value is -2.24. The number of nitrogens with one attached hydrogen (secondary N) is 1. The third-order valence-corrected chi connectivity index (χ3v) is 3.07. The molecule has 1 aliphatic rings. The second kappa shape index (κ2) is 4.56. The molecule has 1 aromatic carbocycles. The summed E-state index contributed by atoms with van der Waals surface area (Å²) in [5.41, 5.74) is 12.6. The van der Waals surface area contributed by atoms with Gasteiger partial charge in [-0.3, -0.25) is 9.59 Å². The minimum absolute atomic E-state index is 0.149. The Balaban J connectivity index is 2.28. The average Bonchev–Trinajstić information content (AvgIpc) is 2.32. The molecule has 1 fully saturated rings. The molecule has 1 saturated heterocycles. The van der Waals surface area contributed by atoms with Crippen molar-refractivity contribution >= 4 is 23.2 Å². The van der Waals surface area contributed by atoms with Gasteiger partial charge >= 0.3 is 0 Å². The summed E-state index contributed by atoms with van der Waals surface area (Å²) < 4.78 is 0. The summed E-state index contributed by atoms with van der Waals surface area (Å²) in [6.45, 7) is 2.64. The molecular weight excluding hydrogens is 232 g/mol. The van der Waals surface area contributed by atoms with Gasteiger partial charge in [-0.05, 0) is 25.1 Å². The van der Waals surface area contributed by atoms with Gasteiger partial charge in [-0.25, -0.2) is 0 Å². The Bertz CT molecular complexity index is 501. The van der Waals surface area contributed by atoms with Crippen LogP contribution in [0.15, 0.2) is 18.2 Å². The lowest BCUT2D eigenvalue weighted by Gasteiger charge is -2.33. The van der Waals surface area contributed by atoms with Gasteiger partial charge in [-0.15, -0.1) is 0 Å². The highest BCUT2D eigenvalue weighted by molar-refractivity contribution is 6.02. The number of hydrogen-bond donors (Lipinski definition) is 3. The van der Waals surface area contributed by atoms with Crippen LogP contribution in [0.25, 0.3) is 0 Å². The van der Waals surface area contributed by atoms with Gasteiger partial charge in [0.1, 0.15) is 6.04 Å². The smallest absolute Gasteiger partial charge is 0.256 e. The average molecular weight is 248 g/mol. The van der Waals surface area contributed by atoms with Crippen molar-refractivity contribution in [3.05, 3.63) is 23.8 Å². The molecule has 2 rings (SSSR count). The van der Waals surface area contributed by atoms with Gasteiger partial charge in [0.25, 0.3) is 5.91 Å². The molecule has 0 saturated carbocycles. The number of benzene rings is 1. The van der Waals surface area contributed by atoms with Crippen molar-refractivity contribution in [2.75, 3.05) is 24.6 Å². The second-order valence-electron chi connectivity index (χ2n) is 4.31. The summed E-state index contributed by atoms with van der Waals surface area (Å²) in [6.07, 6.45) is 0. The Morgan fingerprint density at radius 2 is 2.17 bits per heavy atom. The highest BCUT2D eigenvalue weighted by Gasteiger charge is 2.30. The number of amides is 2. The first-order valence-electron chi connectivity index (χ1n) is 5.74. The molecule has 1 aliphatic heterocycles. The molecule has 1 heterocycles. The van der Waals surface area contributed by atoms with Gasteiger partial charge < -0.3 is 21.7 Å². The molecule has 0 spiro atoms. The molecule has 0 radical (unpaired) electrons. The van der Waals surface area contributed by atoms with Gasteiger partial charge in [0.2, 0.25) is 5.91 Å². The molecule has 18 heavy (non-hydrogen) atoms. The Morgan fingerprint density at radius 1 is 1.44 bits per heavy atom. The number of nitrogen functional groups attached to an aromatic ring is 2. The van der Waals surface area contributed by atoms with Crippen molar-refractivity contribution in [1.82, 2.24) is 10.2 Å². The lowest BCUT2D eigenvalue weighted by molar-refractivity contribution is -0.127. The Labute approximate surface area is 105 Å². The van der Waals surface area contributed by atoms with Crippen molar-refractivity contribution in [2.24, 2.45) is 0 Å². The monoisotopic (exact) mass is 248 g/mol. The predicted molar refractivity (Wildman–Crippen MR) is 68.8 cm³/mol. The first kappa shape index (κ1) is 12.2. The molecule has 1 unspecified atom stereocenters. The van der Waals surface area contributed by atoms with Gasteiger partial charge in [0, 0.05) is 24.5 Å². The zero-order chi connectivity index (χ0) is 13.3. The van der Waals surface area contributed by atoms with Crippen LogP contribution >= 0.6 is 0 Å². The lowest BCUT2D eigenvalue weighted by Crippen LogP contribution is -2.55. The normalized spacial score (nSPS) is 19.5. The number of rotatable bonds is 1. The van der Waals surface area contributed by atoms with Crippen LogP contribution in [-0.2, 0) is 4.79 Å². The summed E-state index contributed by atoms with van der Waals surface area (Å²) in [6, 6.07) is 4.27. The fourth-order valence-corrected chi connectivity index (χ4v) is 1.99. The SMILES string of the molecule is CC1C(=O)NCCN1C(=O)c1ccc(N)cc1N. The number of carbonyl (C=O) groups is 2. The highest BCUT2D eigenvalue weighted by atomic mass is 16.2. The molecule has 0 aliphatic carbocycles. The van der Waals surface area contributed by atoms with Crippen molar-refractivity contribution in [2.45, 2.75) is 13.0 Å². The van der Waals surface area contributed by atoms with Gasteiger partial charge in [0.05, 0.1) is 5.56 Å². The van der Waals surface area contributed by atoms with E-state index in [0.717, 1.165) is 0 Å². The fourth-order valence-electron chi connectivity index (χ4n) is 1.99. The first-order chi connectivity index (χ1) is 8.50. The standard InChI is InChI=1S/C12H16N4O2/c1-7-11(17)15-4-5-16(7)12(18)9-3-2-8(13)6-10(9)14/h2-3,6-7H,4-5,13-14H2,1H3,(H,15,17). The maximum absolute atomic E-state index is 12.3. The molecule has 96 valence electrons. The second-order valence-corrected chi connectivity index (χ2v) is 4.31. The van der Waals surface area contributed by atoms with Crippen molar-refractivity contribution < 1.29 is 9.59 Å². The number of hydrogen-bond acceptors (Lipinski definition) is 4. The highest BCUT2D eigenvalue weighted by Crippen LogP contribution is 2.19. The number of anilines is 2. The molecule has 1 aromatic rings. The summed E-state index contributed by atoms with van der Waals surface area (Å²) in [4.78, 5) is 25.4. The van der Waals surface area contributed by atoms with E-state index in [0.29, 0.717) is 30.0 Å². The van der Waals surface area contributed by atoms with Gasteiger partial charge in [-0.2, -0.15) is 0 Å². The molecule has 6 nitrogen and oxygen atoms in total. The van der Waals surface area contributed by atoms with E-state index in [1.165, 1.54) is 4.90 Å². The molecular formula is C12H16N4O2. The van der Waals surface area contributed by atoms with E-state index < -0.39 is 6.04 Å². The molecule has 5 N–H and O–H groups in total. The summed E-state index contributed by atoms with van der Waals surface area (Å²) in [7, 11) is 0. The number of piperazine rings is 1. The summed E-state index contributed by atoms with van der Waals surface area (Å²) in [5, 5.41) is 2.71. The van der Waals surface area contributed by atoms with Crippen molar-refractivity contribution in [3.8, 4) is 0 Å². The van der Waals surface area contributed by atoms with Crippen LogP contribution in [0.1, 0.15) is 17.3 Å². The summed E-state index contributed by atoms with van der Waals surface area (Å²) in [5.74, 6) is -0.390. The minimum Gasteiger partial charge on any atom is -0.399 e. The van der Waals surface area contributed by atoms with E-state index in [2.05, 4.69) is 5.32 Å². The largest absolute Gasteiger partial charge is 0.399 e. The van der Waals surface area contributed by atoms with Crippen molar-refractivity contribution in [1.29, 1.82) is 0 Å². The zero-order valence-corrected chi connectivity index (χ0v) is 10.1. The number of carbonyl (C=O) groups excluding carboxylic acids is 2. The van der Waals surface area contributed by atoms with E-state index in [9.17, 15) is 9.59 Å². The van der Waals surface area contributed by atoms with Crippen LogP contribution in [0.3, 0.4) is 0 Å². The fraction of sp³-hybridized carbons (Fsp3) is 0.333.